The summed E-state index contributed by atoms with van der Waals surface area (Å²) in [6.45, 7) is 4.94. The molecule has 6 nitrogen and oxygen atoms in total. The van der Waals surface area contributed by atoms with Crippen molar-refractivity contribution in [2.24, 2.45) is 0 Å². The van der Waals surface area contributed by atoms with Crippen molar-refractivity contribution >= 4 is 5.91 Å². The zero-order chi connectivity index (χ0) is 22.4. The van der Waals surface area contributed by atoms with Crippen LogP contribution >= 0.6 is 0 Å². The average Bonchev–Trinajstić information content (AvgIpc) is 3.11. The van der Waals surface area contributed by atoms with Gasteiger partial charge in [0.25, 0.3) is 0 Å². The van der Waals surface area contributed by atoms with Gasteiger partial charge in [-0.2, -0.15) is 5.10 Å². The number of carbonyl (C=O) groups excluding carboxylic acids is 1. The number of amides is 1. The van der Waals surface area contributed by atoms with Gasteiger partial charge in [-0.15, -0.1) is 0 Å². The quantitative estimate of drug-likeness (QED) is 0.600. The number of carbonyl (C=O) groups is 1. The molecule has 168 valence electrons. The summed E-state index contributed by atoms with van der Waals surface area (Å²) in [5, 5.41) is 18.2. The lowest BCUT2D eigenvalue weighted by atomic mass is 9.98. The summed E-state index contributed by atoms with van der Waals surface area (Å²) < 4.78 is 1.94. The first-order valence-corrected chi connectivity index (χ1v) is 11.4. The van der Waals surface area contributed by atoms with Crippen LogP contribution in [0.1, 0.15) is 37.3 Å². The molecule has 1 saturated heterocycles. The lowest BCUT2D eigenvalue weighted by molar-refractivity contribution is -0.122. The van der Waals surface area contributed by atoms with Crippen LogP contribution in [0.2, 0.25) is 0 Å². The summed E-state index contributed by atoms with van der Waals surface area (Å²) >= 11 is 0. The van der Waals surface area contributed by atoms with E-state index in [0.717, 1.165) is 42.8 Å². The molecule has 1 unspecified atom stereocenters. The Hall–Kier alpha value is -2.96. The van der Waals surface area contributed by atoms with Crippen molar-refractivity contribution in [3.05, 3.63) is 78.0 Å². The summed E-state index contributed by atoms with van der Waals surface area (Å²) in [5.74, 6) is 0.00126. The molecule has 4 rings (SSSR count). The molecule has 1 amide bonds. The molecule has 0 radical (unpaired) electrons. The number of hydrogen-bond donors (Lipinski definition) is 2. The third-order valence-electron chi connectivity index (χ3n) is 6.07. The monoisotopic (exact) mass is 432 g/mol. The molecular weight excluding hydrogens is 400 g/mol. The second-order valence-corrected chi connectivity index (χ2v) is 8.96. The van der Waals surface area contributed by atoms with Crippen LogP contribution in [0.4, 0.5) is 0 Å². The predicted molar refractivity (Wildman–Crippen MR) is 126 cm³/mol. The zero-order valence-electron chi connectivity index (χ0n) is 18.7. The number of aliphatic hydroxyl groups is 1. The van der Waals surface area contributed by atoms with Crippen molar-refractivity contribution in [1.82, 2.24) is 20.0 Å². The number of likely N-dealkylation sites (tertiary alicyclic amines) is 1. The fourth-order valence-corrected chi connectivity index (χ4v) is 4.21. The molecule has 0 saturated carbocycles. The number of nitrogens with one attached hydrogen (secondary N) is 1. The van der Waals surface area contributed by atoms with Gasteiger partial charge in [-0.05, 0) is 38.3 Å². The highest BCUT2D eigenvalue weighted by Gasteiger charge is 2.25. The van der Waals surface area contributed by atoms with Crippen molar-refractivity contribution in [2.75, 3.05) is 19.6 Å². The predicted octanol–water partition coefficient (Wildman–Crippen LogP) is 3.45. The molecule has 1 aliphatic heterocycles. The molecule has 1 atom stereocenters. The lowest BCUT2D eigenvalue weighted by Crippen LogP contribution is -2.38. The number of aromatic nitrogens is 2. The van der Waals surface area contributed by atoms with E-state index in [2.05, 4.69) is 22.3 Å². The molecule has 1 aromatic heterocycles. The summed E-state index contributed by atoms with van der Waals surface area (Å²) in [7, 11) is 0. The van der Waals surface area contributed by atoms with Crippen molar-refractivity contribution in [2.45, 2.75) is 44.9 Å². The number of benzene rings is 2. The molecule has 1 aliphatic rings. The van der Waals surface area contributed by atoms with Gasteiger partial charge in [-0.3, -0.25) is 14.4 Å². The lowest BCUT2D eigenvalue weighted by Gasteiger charge is -2.22. The minimum absolute atomic E-state index is 0.00126. The van der Waals surface area contributed by atoms with Crippen molar-refractivity contribution < 1.29 is 9.90 Å². The first-order valence-electron chi connectivity index (χ1n) is 11.4. The molecule has 0 spiro atoms. The van der Waals surface area contributed by atoms with Crippen LogP contribution in [0.15, 0.2) is 66.9 Å². The Morgan fingerprint density at radius 2 is 1.78 bits per heavy atom. The van der Waals surface area contributed by atoms with E-state index in [1.54, 1.807) is 0 Å². The topological polar surface area (TPSA) is 70.4 Å². The van der Waals surface area contributed by atoms with E-state index in [1.807, 2.05) is 66.3 Å². The van der Waals surface area contributed by atoms with Crippen LogP contribution in [0.25, 0.3) is 11.3 Å². The van der Waals surface area contributed by atoms with E-state index in [-0.39, 0.29) is 5.91 Å². The molecule has 3 aromatic rings. The van der Waals surface area contributed by atoms with Gasteiger partial charge in [0.15, 0.2) is 0 Å². The molecule has 6 heteroatoms. The van der Waals surface area contributed by atoms with Gasteiger partial charge in [-0.1, -0.05) is 60.7 Å². The summed E-state index contributed by atoms with van der Waals surface area (Å²) in [4.78, 5) is 14.8. The van der Waals surface area contributed by atoms with Gasteiger partial charge in [0.2, 0.25) is 5.91 Å². The Kier molecular flexibility index (Phi) is 7.02. The highest BCUT2D eigenvalue weighted by atomic mass is 16.3. The molecule has 0 aliphatic carbocycles. The fourth-order valence-electron chi connectivity index (χ4n) is 4.21. The first kappa shape index (κ1) is 22.2. The second-order valence-electron chi connectivity index (χ2n) is 8.96. The van der Waals surface area contributed by atoms with Crippen LogP contribution in [-0.2, 0) is 17.9 Å². The Balaban J connectivity index is 1.43. The third-order valence-corrected chi connectivity index (χ3v) is 6.07. The number of nitrogens with zero attached hydrogens (tertiary/aromatic N) is 3. The van der Waals surface area contributed by atoms with E-state index >= 15 is 0 Å². The maximum absolute atomic E-state index is 12.7. The SMILES string of the molecule is CC1(O)CCCN(CC(=O)NCc2cn(Cc3ccccc3)nc2-c2ccccc2)CC1. The van der Waals surface area contributed by atoms with Gasteiger partial charge in [0, 0.05) is 30.4 Å². The molecule has 0 bridgehead atoms. The maximum atomic E-state index is 12.7. The normalized spacial score (nSPS) is 19.4. The standard InChI is InChI=1S/C26H32N4O2/c1-26(32)13-8-15-29(16-14-26)20-24(31)27-17-23-19-30(18-21-9-4-2-5-10-21)28-25(23)22-11-6-3-7-12-22/h2-7,9-12,19,32H,8,13-18,20H2,1H3,(H,27,31). The van der Waals surface area contributed by atoms with E-state index in [1.165, 1.54) is 5.56 Å². The smallest absolute Gasteiger partial charge is 0.234 e. The third kappa shape index (κ3) is 6.05. The van der Waals surface area contributed by atoms with Gasteiger partial charge < -0.3 is 10.4 Å². The average molecular weight is 433 g/mol. The van der Waals surface area contributed by atoms with Gasteiger partial charge in [0.1, 0.15) is 0 Å². The first-order chi connectivity index (χ1) is 15.5. The highest BCUT2D eigenvalue weighted by Crippen LogP contribution is 2.23. The van der Waals surface area contributed by atoms with E-state index in [0.29, 0.717) is 26.1 Å². The summed E-state index contributed by atoms with van der Waals surface area (Å²) in [6.07, 6.45) is 4.42. The van der Waals surface area contributed by atoms with E-state index in [4.69, 9.17) is 5.10 Å². The van der Waals surface area contributed by atoms with Crippen molar-refractivity contribution in [1.29, 1.82) is 0 Å². The molecule has 2 heterocycles. The zero-order valence-corrected chi connectivity index (χ0v) is 18.7. The van der Waals surface area contributed by atoms with E-state index < -0.39 is 5.60 Å². The second kappa shape index (κ2) is 10.1. The van der Waals surface area contributed by atoms with Crippen molar-refractivity contribution in [3.63, 3.8) is 0 Å². The summed E-state index contributed by atoms with van der Waals surface area (Å²) in [5.41, 5.74) is 3.50. The Morgan fingerprint density at radius 3 is 2.53 bits per heavy atom. The summed E-state index contributed by atoms with van der Waals surface area (Å²) in [6, 6.07) is 20.3. The van der Waals surface area contributed by atoms with Gasteiger partial charge in [0.05, 0.1) is 24.4 Å². The van der Waals surface area contributed by atoms with Crippen LogP contribution in [0, 0.1) is 0 Å². The number of hydrogen-bond acceptors (Lipinski definition) is 4. The van der Waals surface area contributed by atoms with Crippen LogP contribution in [0.5, 0.6) is 0 Å². The molecule has 1 fully saturated rings. The molecular formula is C26H32N4O2. The molecule has 2 N–H and O–H groups in total. The fraction of sp³-hybridized carbons (Fsp3) is 0.385. The Labute approximate surface area is 189 Å². The minimum Gasteiger partial charge on any atom is -0.390 e. The highest BCUT2D eigenvalue weighted by molar-refractivity contribution is 5.78. The molecule has 32 heavy (non-hydrogen) atoms. The Morgan fingerprint density at radius 1 is 1.06 bits per heavy atom. The van der Waals surface area contributed by atoms with Crippen LogP contribution in [0.3, 0.4) is 0 Å². The van der Waals surface area contributed by atoms with E-state index in [9.17, 15) is 9.90 Å². The Bertz CT molecular complexity index is 1010. The molecule has 2 aromatic carbocycles. The maximum Gasteiger partial charge on any atom is 0.234 e. The largest absolute Gasteiger partial charge is 0.390 e. The van der Waals surface area contributed by atoms with Gasteiger partial charge in [-0.25, -0.2) is 0 Å². The van der Waals surface area contributed by atoms with Crippen LogP contribution < -0.4 is 5.32 Å². The van der Waals surface area contributed by atoms with Crippen LogP contribution in [-0.4, -0.2) is 50.9 Å². The van der Waals surface area contributed by atoms with Crippen molar-refractivity contribution in [3.8, 4) is 11.3 Å². The minimum atomic E-state index is -0.622. The van der Waals surface area contributed by atoms with Gasteiger partial charge >= 0.3 is 0 Å². The number of rotatable bonds is 7.